The molecule has 0 saturated carbocycles. The van der Waals surface area contributed by atoms with Crippen molar-refractivity contribution in [1.82, 2.24) is 5.32 Å². The molecule has 3 unspecified atom stereocenters. The van der Waals surface area contributed by atoms with Crippen LogP contribution in [0.3, 0.4) is 0 Å². The number of carboxylic acids is 1. The lowest BCUT2D eigenvalue weighted by Crippen LogP contribution is -2.57. The highest BCUT2D eigenvalue weighted by Crippen LogP contribution is 2.21. The van der Waals surface area contributed by atoms with Gasteiger partial charge in [-0.05, 0) is 6.42 Å². The molecule has 2 N–H and O–H groups in total. The molecule has 2 fully saturated rings. The van der Waals surface area contributed by atoms with Gasteiger partial charge in [-0.1, -0.05) is 0 Å². The smallest absolute Gasteiger partial charge is 0.321 e. The standard InChI is InChI=1S/C9H15NO5S/c11-9(12)8-5-16(13,14)4-7(10-8)6-1-2-15-3-6/h6-8,10H,1-5H2,(H,11,12). The Morgan fingerprint density at radius 2 is 2.12 bits per heavy atom. The molecule has 6 nitrogen and oxygen atoms in total. The van der Waals surface area contributed by atoms with E-state index < -0.39 is 21.8 Å². The van der Waals surface area contributed by atoms with Crippen molar-refractivity contribution in [2.75, 3.05) is 24.7 Å². The van der Waals surface area contributed by atoms with E-state index in [-0.39, 0.29) is 23.5 Å². The third-order valence-electron chi connectivity index (χ3n) is 3.10. The highest BCUT2D eigenvalue weighted by atomic mass is 32.2. The Bertz CT molecular complexity index is 373. The van der Waals surface area contributed by atoms with Crippen LogP contribution in [-0.4, -0.2) is 56.3 Å². The predicted molar refractivity (Wildman–Crippen MR) is 55.9 cm³/mol. The van der Waals surface area contributed by atoms with E-state index in [9.17, 15) is 13.2 Å². The van der Waals surface area contributed by atoms with Crippen molar-refractivity contribution in [3.05, 3.63) is 0 Å². The van der Waals surface area contributed by atoms with Crippen LogP contribution in [-0.2, 0) is 19.4 Å². The predicted octanol–water partition coefficient (Wildman–Crippen LogP) is -1.14. The highest BCUT2D eigenvalue weighted by molar-refractivity contribution is 7.91. The zero-order valence-electron chi connectivity index (χ0n) is 8.76. The molecule has 2 aliphatic heterocycles. The molecule has 0 aromatic carbocycles. The maximum Gasteiger partial charge on any atom is 0.321 e. The molecular weight excluding hydrogens is 234 g/mol. The van der Waals surface area contributed by atoms with Crippen molar-refractivity contribution < 1.29 is 23.1 Å². The summed E-state index contributed by atoms with van der Waals surface area (Å²) < 4.78 is 28.4. The van der Waals surface area contributed by atoms with E-state index in [1.54, 1.807) is 0 Å². The lowest BCUT2D eigenvalue weighted by molar-refractivity contribution is -0.139. The van der Waals surface area contributed by atoms with Gasteiger partial charge in [0.2, 0.25) is 0 Å². The number of hydrogen-bond donors (Lipinski definition) is 2. The fourth-order valence-corrected chi connectivity index (χ4v) is 4.03. The van der Waals surface area contributed by atoms with Gasteiger partial charge >= 0.3 is 5.97 Å². The largest absolute Gasteiger partial charge is 0.480 e. The summed E-state index contributed by atoms with van der Waals surface area (Å²) in [6.45, 7) is 1.14. The van der Waals surface area contributed by atoms with Crippen molar-refractivity contribution >= 4 is 15.8 Å². The van der Waals surface area contributed by atoms with Crippen LogP contribution in [0.4, 0.5) is 0 Å². The number of aliphatic carboxylic acids is 1. The summed E-state index contributed by atoms with van der Waals surface area (Å²) in [7, 11) is -3.26. The second-order valence-corrected chi connectivity index (χ2v) is 6.52. The molecule has 0 amide bonds. The lowest BCUT2D eigenvalue weighted by atomic mass is 9.99. The van der Waals surface area contributed by atoms with Crippen molar-refractivity contribution in [2.24, 2.45) is 5.92 Å². The number of carbonyl (C=O) groups is 1. The number of sulfone groups is 1. The van der Waals surface area contributed by atoms with Gasteiger partial charge in [0.1, 0.15) is 6.04 Å². The van der Waals surface area contributed by atoms with Gasteiger partial charge in [-0.2, -0.15) is 0 Å². The Morgan fingerprint density at radius 3 is 2.69 bits per heavy atom. The van der Waals surface area contributed by atoms with Gasteiger partial charge in [0, 0.05) is 18.6 Å². The number of carboxylic acid groups (broad SMARTS) is 1. The summed E-state index contributed by atoms with van der Waals surface area (Å²) >= 11 is 0. The minimum absolute atomic E-state index is 0.0187. The molecule has 0 spiro atoms. The van der Waals surface area contributed by atoms with E-state index in [4.69, 9.17) is 9.84 Å². The molecule has 0 bridgehead atoms. The van der Waals surface area contributed by atoms with Gasteiger partial charge in [-0.3, -0.25) is 10.1 Å². The maximum atomic E-state index is 11.6. The van der Waals surface area contributed by atoms with E-state index >= 15 is 0 Å². The lowest BCUT2D eigenvalue weighted by Gasteiger charge is -2.31. The summed E-state index contributed by atoms with van der Waals surface area (Å²) in [4.78, 5) is 10.8. The third kappa shape index (κ3) is 2.53. The summed E-state index contributed by atoms with van der Waals surface area (Å²) in [5, 5.41) is 11.8. The van der Waals surface area contributed by atoms with E-state index in [1.807, 2.05) is 0 Å². The van der Waals surface area contributed by atoms with Crippen molar-refractivity contribution in [2.45, 2.75) is 18.5 Å². The molecule has 0 aromatic heterocycles. The van der Waals surface area contributed by atoms with Crippen LogP contribution >= 0.6 is 0 Å². The second kappa shape index (κ2) is 4.31. The van der Waals surface area contributed by atoms with E-state index in [1.165, 1.54) is 0 Å². The Morgan fingerprint density at radius 1 is 1.38 bits per heavy atom. The Labute approximate surface area is 93.9 Å². The zero-order chi connectivity index (χ0) is 11.8. The molecule has 0 radical (unpaired) electrons. The van der Waals surface area contributed by atoms with Crippen LogP contribution in [0, 0.1) is 5.92 Å². The monoisotopic (exact) mass is 249 g/mol. The first kappa shape index (κ1) is 11.8. The SMILES string of the molecule is O=C(O)C1CS(=O)(=O)CC(C2CCOC2)N1. The summed E-state index contributed by atoms with van der Waals surface area (Å²) in [6, 6.07) is -1.27. The third-order valence-corrected chi connectivity index (χ3v) is 4.81. The van der Waals surface area contributed by atoms with E-state index in [0.717, 1.165) is 6.42 Å². The van der Waals surface area contributed by atoms with Gasteiger partial charge in [0.05, 0.1) is 18.1 Å². The summed E-state index contributed by atoms with van der Waals surface area (Å²) in [5.74, 6) is -1.29. The van der Waals surface area contributed by atoms with E-state index in [0.29, 0.717) is 13.2 Å². The number of nitrogens with one attached hydrogen (secondary N) is 1. The Kier molecular flexibility index (Phi) is 3.18. The quantitative estimate of drug-likeness (QED) is 0.643. The van der Waals surface area contributed by atoms with Gasteiger partial charge in [0.25, 0.3) is 0 Å². The maximum absolute atomic E-state index is 11.6. The van der Waals surface area contributed by atoms with Crippen LogP contribution in [0.25, 0.3) is 0 Å². The molecule has 2 aliphatic rings. The minimum atomic E-state index is -3.26. The molecule has 2 saturated heterocycles. The summed E-state index contributed by atoms with van der Waals surface area (Å²) in [6.07, 6.45) is 0.791. The number of ether oxygens (including phenoxy) is 1. The van der Waals surface area contributed by atoms with Crippen LogP contribution < -0.4 is 5.32 Å². The topological polar surface area (TPSA) is 92.7 Å². The van der Waals surface area contributed by atoms with Crippen molar-refractivity contribution in [3.63, 3.8) is 0 Å². The molecule has 92 valence electrons. The number of hydrogen-bond acceptors (Lipinski definition) is 5. The highest BCUT2D eigenvalue weighted by Gasteiger charge is 2.39. The first-order chi connectivity index (χ1) is 7.48. The minimum Gasteiger partial charge on any atom is -0.480 e. The average Bonchev–Trinajstić information content (AvgIpc) is 2.67. The van der Waals surface area contributed by atoms with E-state index in [2.05, 4.69) is 5.32 Å². The molecule has 7 heteroatoms. The summed E-state index contributed by atoms with van der Waals surface area (Å²) in [5.41, 5.74) is 0. The van der Waals surface area contributed by atoms with Gasteiger partial charge in [-0.15, -0.1) is 0 Å². The van der Waals surface area contributed by atoms with Crippen LogP contribution in [0.1, 0.15) is 6.42 Å². The molecular formula is C9H15NO5S. The first-order valence-electron chi connectivity index (χ1n) is 5.25. The van der Waals surface area contributed by atoms with Crippen LogP contribution in [0.5, 0.6) is 0 Å². The molecule has 2 heterocycles. The first-order valence-corrected chi connectivity index (χ1v) is 7.07. The molecule has 16 heavy (non-hydrogen) atoms. The fourth-order valence-electron chi connectivity index (χ4n) is 2.24. The van der Waals surface area contributed by atoms with Crippen LogP contribution in [0.2, 0.25) is 0 Å². The number of rotatable bonds is 2. The van der Waals surface area contributed by atoms with Gasteiger partial charge in [0.15, 0.2) is 9.84 Å². The Hall–Kier alpha value is -0.660. The van der Waals surface area contributed by atoms with Crippen molar-refractivity contribution in [1.29, 1.82) is 0 Å². The second-order valence-electron chi connectivity index (χ2n) is 4.36. The molecule has 3 atom stereocenters. The molecule has 0 aliphatic carbocycles. The average molecular weight is 249 g/mol. The molecule has 0 aromatic rings. The van der Waals surface area contributed by atoms with Gasteiger partial charge in [-0.25, -0.2) is 8.42 Å². The Balaban J connectivity index is 2.11. The van der Waals surface area contributed by atoms with Gasteiger partial charge < -0.3 is 9.84 Å². The van der Waals surface area contributed by atoms with Crippen LogP contribution in [0.15, 0.2) is 0 Å². The fraction of sp³-hybridized carbons (Fsp3) is 0.889. The van der Waals surface area contributed by atoms with Crippen molar-refractivity contribution in [3.8, 4) is 0 Å². The zero-order valence-corrected chi connectivity index (χ0v) is 9.57. The normalized spacial score (nSPS) is 38.4. The molecule has 2 rings (SSSR count).